The minimum absolute atomic E-state index is 0.339. The summed E-state index contributed by atoms with van der Waals surface area (Å²) in [6, 6.07) is 0. The van der Waals surface area contributed by atoms with E-state index in [0.717, 1.165) is 32.1 Å². The van der Waals surface area contributed by atoms with Crippen molar-refractivity contribution in [3.8, 4) is 0 Å². The summed E-state index contributed by atoms with van der Waals surface area (Å²) in [6.45, 7) is 6.17. The van der Waals surface area contributed by atoms with Gasteiger partial charge in [-0.15, -0.1) is 6.58 Å². The Hall–Kier alpha value is -0.410. The van der Waals surface area contributed by atoms with E-state index >= 15 is 0 Å². The van der Waals surface area contributed by atoms with Gasteiger partial charge in [-0.1, -0.05) is 63.7 Å². The maximum absolute atomic E-state index is 12.6. The van der Waals surface area contributed by atoms with Gasteiger partial charge in [0.25, 0.3) is 0 Å². The first kappa shape index (κ1) is 27.6. The molecule has 0 amide bonds. The van der Waals surface area contributed by atoms with Crippen molar-refractivity contribution >= 4 is 7.60 Å². The molecule has 166 valence electrons. The normalized spacial score (nSPS) is 15.6. The van der Waals surface area contributed by atoms with Gasteiger partial charge in [0.1, 0.15) is 0 Å². The van der Waals surface area contributed by atoms with Crippen LogP contribution in [0.1, 0.15) is 90.4 Å². The predicted molar refractivity (Wildman–Crippen MR) is 123 cm³/mol. The summed E-state index contributed by atoms with van der Waals surface area (Å²) >= 11 is 0. The van der Waals surface area contributed by atoms with Crippen LogP contribution in [0, 0.1) is 0 Å². The molecule has 0 fully saturated rings. The molecule has 5 heteroatoms. The Balaban J connectivity index is 3.67. The average molecular weight is 417 g/mol. The van der Waals surface area contributed by atoms with Gasteiger partial charge in [-0.2, -0.15) is 0 Å². The second kappa shape index (κ2) is 16.4. The molecule has 0 heterocycles. The SMILES string of the molecule is C=CCC/C=C\CCCCCCCCCCOP(=O)(O)C(CCC)[N+](C)(C)C. The number of unbranched alkanes of at least 4 members (excludes halogenated alkanes) is 9. The first-order valence-corrected chi connectivity index (χ1v) is 12.9. The number of nitrogens with zero attached hydrogens (tertiary/aromatic N) is 1. The Labute approximate surface area is 175 Å². The van der Waals surface area contributed by atoms with Crippen molar-refractivity contribution < 1.29 is 18.5 Å². The molecule has 0 rings (SSSR count). The smallest absolute Gasteiger partial charge is 0.320 e. The largest absolute Gasteiger partial charge is 0.385 e. The standard InChI is InChI=1S/C23H46NO3P/c1-6-8-9-10-11-12-13-14-15-16-17-18-19-20-22-27-28(25,26)23(21-7-2)24(3,4)5/h6,10-11,23H,1,7-9,12-22H2,2-5H3/p+1/b11-10-. The molecule has 2 atom stereocenters. The van der Waals surface area contributed by atoms with Crippen molar-refractivity contribution in [1.82, 2.24) is 0 Å². The molecule has 0 aliphatic heterocycles. The highest BCUT2D eigenvalue weighted by atomic mass is 31.2. The molecule has 1 N–H and O–H groups in total. The zero-order valence-corrected chi connectivity index (χ0v) is 20.0. The summed E-state index contributed by atoms with van der Waals surface area (Å²) in [6.07, 6.45) is 21.1. The molecule has 28 heavy (non-hydrogen) atoms. The van der Waals surface area contributed by atoms with Crippen molar-refractivity contribution in [2.24, 2.45) is 0 Å². The first-order valence-electron chi connectivity index (χ1n) is 11.3. The summed E-state index contributed by atoms with van der Waals surface area (Å²) in [5, 5.41) is 0. The molecule has 0 saturated carbocycles. The van der Waals surface area contributed by atoms with Crippen molar-refractivity contribution in [3.05, 3.63) is 24.8 Å². The van der Waals surface area contributed by atoms with Gasteiger partial charge in [0, 0.05) is 6.42 Å². The Morgan fingerprint density at radius 2 is 1.46 bits per heavy atom. The fourth-order valence-corrected chi connectivity index (χ4v) is 5.43. The van der Waals surface area contributed by atoms with Crippen LogP contribution in [0.2, 0.25) is 0 Å². The Morgan fingerprint density at radius 3 is 2.00 bits per heavy atom. The van der Waals surface area contributed by atoms with Crippen LogP contribution in [-0.2, 0) is 9.09 Å². The third-order valence-electron chi connectivity index (χ3n) is 5.06. The van der Waals surface area contributed by atoms with Gasteiger partial charge in [0.05, 0.1) is 27.7 Å². The van der Waals surface area contributed by atoms with Crippen LogP contribution in [0.5, 0.6) is 0 Å². The van der Waals surface area contributed by atoms with E-state index in [1.807, 2.05) is 34.1 Å². The fraction of sp³-hybridized carbons (Fsp3) is 0.826. The number of hydrogen-bond donors (Lipinski definition) is 1. The number of rotatable bonds is 19. The van der Waals surface area contributed by atoms with Gasteiger partial charge in [0.2, 0.25) is 0 Å². The first-order chi connectivity index (χ1) is 13.3. The van der Waals surface area contributed by atoms with E-state index in [-0.39, 0.29) is 5.78 Å². The highest BCUT2D eigenvalue weighted by Crippen LogP contribution is 2.51. The summed E-state index contributed by atoms with van der Waals surface area (Å²) in [5.74, 6) is -0.339. The highest BCUT2D eigenvalue weighted by molar-refractivity contribution is 7.53. The van der Waals surface area contributed by atoms with Crippen LogP contribution >= 0.6 is 7.60 Å². The Kier molecular flexibility index (Phi) is 16.2. The van der Waals surface area contributed by atoms with E-state index in [9.17, 15) is 9.46 Å². The molecule has 0 saturated heterocycles. The van der Waals surface area contributed by atoms with Crippen molar-refractivity contribution in [2.75, 3.05) is 27.7 Å². The minimum atomic E-state index is -3.57. The number of allylic oxidation sites excluding steroid dienone is 3. The average Bonchev–Trinajstić information content (AvgIpc) is 2.61. The highest BCUT2D eigenvalue weighted by Gasteiger charge is 2.41. The van der Waals surface area contributed by atoms with Crippen LogP contribution in [0.15, 0.2) is 24.8 Å². The van der Waals surface area contributed by atoms with Crippen LogP contribution in [0.4, 0.5) is 0 Å². The van der Waals surface area contributed by atoms with E-state index in [4.69, 9.17) is 4.52 Å². The minimum Gasteiger partial charge on any atom is -0.320 e. The van der Waals surface area contributed by atoms with Crippen molar-refractivity contribution in [2.45, 2.75) is 96.2 Å². The molecule has 2 unspecified atom stereocenters. The van der Waals surface area contributed by atoms with Crippen molar-refractivity contribution in [1.29, 1.82) is 0 Å². The molecule has 0 aromatic heterocycles. The van der Waals surface area contributed by atoms with Crippen LogP contribution in [0.3, 0.4) is 0 Å². The molecular formula is C23H47NO3P+. The Morgan fingerprint density at radius 1 is 0.929 bits per heavy atom. The summed E-state index contributed by atoms with van der Waals surface area (Å²) in [7, 11) is 2.33. The van der Waals surface area contributed by atoms with Gasteiger partial charge in [-0.05, 0) is 38.5 Å². The molecule has 0 aromatic rings. The predicted octanol–water partition coefficient (Wildman–Crippen LogP) is 7.05. The third kappa shape index (κ3) is 14.6. The van der Waals surface area contributed by atoms with Gasteiger partial charge >= 0.3 is 7.60 Å². The van der Waals surface area contributed by atoms with Crippen molar-refractivity contribution in [3.63, 3.8) is 0 Å². The molecule has 0 spiro atoms. The van der Waals surface area contributed by atoms with E-state index in [1.54, 1.807) is 0 Å². The van der Waals surface area contributed by atoms with Gasteiger partial charge in [0.15, 0.2) is 5.78 Å². The molecule has 0 bridgehead atoms. The van der Waals surface area contributed by atoms with Gasteiger partial charge < -0.3 is 13.9 Å². The molecule has 0 radical (unpaired) electrons. The molecule has 4 nitrogen and oxygen atoms in total. The van der Waals surface area contributed by atoms with Gasteiger partial charge in [-0.25, -0.2) is 0 Å². The molecule has 0 aromatic carbocycles. The van der Waals surface area contributed by atoms with Gasteiger partial charge in [-0.3, -0.25) is 4.57 Å². The summed E-state index contributed by atoms with van der Waals surface area (Å²) in [5.41, 5.74) is 0. The van der Waals surface area contributed by atoms with Crippen LogP contribution in [-0.4, -0.2) is 42.9 Å². The number of hydrogen-bond acceptors (Lipinski definition) is 2. The van der Waals surface area contributed by atoms with E-state index in [2.05, 4.69) is 18.7 Å². The lowest BCUT2D eigenvalue weighted by Gasteiger charge is -2.35. The van der Waals surface area contributed by atoms with E-state index in [0.29, 0.717) is 17.5 Å². The van der Waals surface area contributed by atoms with E-state index in [1.165, 1.54) is 44.9 Å². The lowest BCUT2D eigenvalue weighted by atomic mass is 10.1. The number of quaternary nitrogens is 1. The third-order valence-corrected chi connectivity index (χ3v) is 7.32. The topological polar surface area (TPSA) is 46.5 Å². The van der Waals surface area contributed by atoms with E-state index < -0.39 is 7.60 Å². The zero-order valence-electron chi connectivity index (χ0n) is 19.1. The quantitative estimate of drug-likeness (QED) is 0.106. The second-order valence-electron chi connectivity index (χ2n) is 8.74. The van der Waals surface area contributed by atoms with Crippen LogP contribution < -0.4 is 0 Å². The maximum Gasteiger partial charge on any atom is 0.385 e. The fourth-order valence-electron chi connectivity index (χ4n) is 3.40. The summed E-state index contributed by atoms with van der Waals surface area (Å²) in [4.78, 5) is 10.4. The zero-order chi connectivity index (χ0) is 21.3. The summed E-state index contributed by atoms with van der Waals surface area (Å²) < 4.78 is 18.5. The lowest BCUT2D eigenvalue weighted by Crippen LogP contribution is -2.45. The second-order valence-corrected chi connectivity index (χ2v) is 10.7. The maximum atomic E-state index is 12.6. The monoisotopic (exact) mass is 416 g/mol. The van der Waals surface area contributed by atoms with Crippen LogP contribution in [0.25, 0.3) is 0 Å². The molecule has 0 aliphatic carbocycles. The molecule has 0 aliphatic rings. The molecular weight excluding hydrogens is 369 g/mol. The Bertz CT molecular complexity index is 457. The lowest BCUT2D eigenvalue weighted by molar-refractivity contribution is -0.883.